The lowest BCUT2D eigenvalue weighted by molar-refractivity contribution is -0.131. The van der Waals surface area contributed by atoms with E-state index in [1.54, 1.807) is 43.6 Å². The van der Waals surface area contributed by atoms with Gasteiger partial charge in [0.25, 0.3) is 5.89 Å². The zero-order valence-electron chi connectivity index (χ0n) is 14.7. The van der Waals surface area contributed by atoms with Gasteiger partial charge in [0.1, 0.15) is 17.3 Å². The second-order valence-electron chi connectivity index (χ2n) is 5.62. The van der Waals surface area contributed by atoms with E-state index in [1.807, 2.05) is 0 Å². The van der Waals surface area contributed by atoms with Crippen molar-refractivity contribution in [3.8, 4) is 11.5 Å². The second-order valence-corrected chi connectivity index (χ2v) is 6.62. The van der Waals surface area contributed by atoms with Gasteiger partial charge in [-0.3, -0.25) is 4.79 Å². The summed E-state index contributed by atoms with van der Waals surface area (Å²) < 4.78 is 11.5. The van der Waals surface area contributed by atoms with Gasteiger partial charge in [0.2, 0.25) is 5.91 Å². The van der Waals surface area contributed by atoms with Crippen LogP contribution in [-0.4, -0.2) is 38.4 Å². The van der Waals surface area contributed by atoms with E-state index in [0.29, 0.717) is 28.6 Å². The third-order valence-electron chi connectivity index (χ3n) is 3.63. The molecule has 3 aromatic rings. The Morgan fingerprint density at radius 2 is 2.26 bits per heavy atom. The van der Waals surface area contributed by atoms with Crippen LogP contribution >= 0.6 is 11.8 Å². The van der Waals surface area contributed by atoms with Crippen LogP contribution in [0.1, 0.15) is 5.76 Å². The molecule has 0 aliphatic heterocycles. The topological polar surface area (TPSA) is 94.4 Å². The van der Waals surface area contributed by atoms with Gasteiger partial charge in [0, 0.05) is 19.0 Å². The van der Waals surface area contributed by atoms with Crippen molar-refractivity contribution >= 4 is 17.7 Å². The van der Waals surface area contributed by atoms with Gasteiger partial charge in [-0.25, -0.2) is 9.78 Å². The van der Waals surface area contributed by atoms with Crippen molar-refractivity contribution < 1.29 is 13.6 Å². The highest BCUT2D eigenvalue weighted by molar-refractivity contribution is 7.99. The summed E-state index contributed by atoms with van der Waals surface area (Å²) in [5.74, 6) is 0.443. The molecule has 3 rings (SSSR count). The van der Waals surface area contributed by atoms with Gasteiger partial charge in [0.15, 0.2) is 0 Å². The molecule has 0 aliphatic rings. The van der Waals surface area contributed by atoms with Gasteiger partial charge in [0.05, 0.1) is 18.4 Å². The lowest BCUT2D eigenvalue weighted by atomic mass is 10.3. The largest absolute Gasteiger partial charge is 0.467 e. The van der Waals surface area contributed by atoms with Crippen LogP contribution in [-0.2, 0) is 17.9 Å². The summed E-state index contributed by atoms with van der Waals surface area (Å²) in [7, 11) is 1.63. The van der Waals surface area contributed by atoms with Gasteiger partial charge in [-0.1, -0.05) is 6.08 Å². The van der Waals surface area contributed by atoms with Crippen LogP contribution < -0.4 is 5.76 Å². The lowest BCUT2D eigenvalue weighted by Crippen LogP contribution is -2.32. The summed E-state index contributed by atoms with van der Waals surface area (Å²) >= 11 is 1.45. The third-order valence-corrected chi connectivity index (χ3v) is 4.63. The molecule has 0 aromatic carbocycles. The van der Waals surface area contributed by atoms with E-state index in [9.17, 15) is 9.59 Å². The maximum absolute atomic E-state index is 12.4. The summed E-state index contributed by atoms with van der Waals surface area (Å²) in [5, 5.41) is 4.83. The molecule has 140 valence electrons. The van der Waals surface area contributed by atoms with E-state index < -0.39 is 5.76 Å². The van der Waals surface area contributed by atoms with E-state index in [2.05, 4.69) is 16.7 Å². The first-order valence-corrected chi connectivity index (χ1v) is 9.10. The molecule has 27 heavy (non-hydrogen) atoms. The van der Waals surface area contributed by atoms with Crippen LogP contribution in [0.2, 0.25) is 0 Å². The Morgan fingerprint density at radius 1 is 1.41 bits per heavy atom. The molecule has 0 radical (unpaired) electrons. The molecule has 0 fully saturated rings. The fraction of sp³-hybridized carbons (Fsp3) is 0.222. The van der Waals surface area contributed by atoms with Crippen molar-refractivity contribution in [3.05, 3.63) is 65.7 Å². The molecule has 0 spiro atoms. The molecule has 8 nitrogen and oxygen atoms in total. The Balaban J connectivity index is 1.76. The Kier molecular flexibility index (Phi) is 5.92. The first kappa shape index (κ1) is 18.7. The molecule has 0 saturated carbocycles. The third kappa shape index (κ3) is 4.56. The van der Waals surface area contributed by atoms with E-state index in [0.717, 1.165) is 4.68 Å². The molecule has 1 amide bonds. The lowest BCUT2D eigenvalue weighted by Gasteiger charge is -2.14. The van der Waals surface area contributed by atoms with Crippen molar-refractivity contribution in [2.45, 2.75) is 18.1 Å². The van der Waals surface area contributed by atoms with Crippen LogP contribution in [0.3, 0.4) is 0 Å². The van der Waals surface area contributed by atoms with Crippen molar-refractivity contribution in [3.63, 3.8) is 0 Å². The van der Waals surface area contributed by atoms with Crippen LogP contribution in [0.4, 0.5) is 0 Å². The zero-order chi connectivity index (χ0) is 19.2. The highest BCUT2D eigenvalue weighted by Crippen LogP contribution is 2.27. The number of furan rings is 1. The molecule has 9 heteroatoms. The minimum atomic E-state index is -0.701. The molecule has 0 bridgehead atoms. The van der Waals surface area contributed by atoms with E-state index in [1.165, 1.54) is 22.9 Å². The summed E-state index contributed by atoms with van der Waals surface area (Å²) in [6.07, 6.45) is 4.94. The molecule has 3 heterocycles. The van der Waals surface area contributed by atoms with E-state index in [4.69, 9.17) is 8.83 Å². The van der Waals surface area contributed by atoms with Gasteiger partial charge in [-0.2, -0.15) is 4.68 Å². The number of amides is 1. The normalized spacial score (nSPS) is 10.7. The van der Waals surface area contributed by atoms with E-state index in [-0.39, 0.29) is 18.3 Å². The fourth-order valence-electron chi connectivity index (χ4n) is 2.29. The maximum atomic E-state index is 12.4. The number of thioether (sulfide) groups is 1. The fourth-order valence-corrected chi connectivity index (χ4v) is 3.02. The van der Waals surface area contributed by atoms with Crippen molar-refractivity contribution in [1.29, 1.82) is 0 Å². The molecule has 0 N–H and O–H groups in total. The molecular weight excluding hydrogens is 368 g/mol. The summed E-state index contributed by atoms with van der Waals surface area (Å²) in [5.41, 5.74) is 0.594. The first-order chi connectivity index (χ1) is 13.1. The van der Waals surface area contributed by atoms with Gasteiger partial charge in [-0.15, -0.1) is 23.4 Å². The first-order valence-electron chi connectivity index (χ1n) is 8.12. The number of carbonyl (C=O) groups excluding carboxylic acids is 1. The number of aromatic nitrogens is 3. The number of likely N-dealkylation sites (N-methyl/N-ethyl adjacent to an activating group) is 1. The number of hydrogen-bond donors (Lipinski definition) is 0. The van der Waals surface area contributed by atoms with Crippen LogP contribution in [0.15, 0.2) is 68.0 Å². The number of hydrogen-bond acceptors (Lipinski definition) is 7. The second kappa shape index (κ2) is 8.54. The average molecular weight is 386 g/mol. The van der Waals surface area contributed by atoms with Crippen LogP contribution in [0.5, 0.6) is 0 Å². The Hall–Kier alpha value is -3.07. The zero-order valence-corrected chi connectivity index (χ0v) is 15.5. The Labute approximate surface area is 159 Å². The smallest absolute Gasteiger partial charge is 0.437 e. The monoisotopic (exact) mass is 386 g/mol. The predicted molar refractivity (Wildman–Crippen MR) is 100 cm³/mol. The Bertz CT molecular complexity index is 977. The van der Waals surface area contributed by atoms with Gasteiger partial charge >= 0.3 is 5.76 Å². The minimum absolute atomic E-state index is 0.126. The van der Waals surface area contributed by atoms with Crippen LogP contribution in [0.25, 0.3) is 11.5 Å². The number of nitrogens with zero attached hydrogens (tertiary/aromatic N) is 4. The summed E-state index contributed by atoms with van der Waals surface area (Å²) in [4.78, 5) is 30.2. The van der Waals surface area contributed by atoms with Gasteiger partial charge in [-0.05, 0) is 24.3 Å². The summed E-state index contributed by atoms with van der Waals surface area (Å²) in [6.45, 7) is 3.76. The maximum Gasteiger partial charge on any atom is 0.437 e. The van der Waals surface area contributed by atoms with E-state index >= 15 is 0 Å². The van der Waals surface area contributed by atoms with Crippen molar-refractivity contribution in [2.24, 2.45) is 0 Å². The predicted octanol–water partition coefficient (Wildman–Crippen LogP) is 2.43. The molecule has 0 unspecified atom stereocenters. The molecule has 0 atom stereocenters. The van der Waals surface area contributed by atoms with Crippen molar-refractivity contribution in [2.75, 3.05) is 12.8 Å². The SMILES string of the molecule is C=CCSc1ncccc1-c1nn(CC(=O)N(C)Cc2ccco2)c(=O)o1. The molecule has 0 aliphatic carbocycles. The van der Waals surface area contributed by atoms with Crippen LogP contribution in [0, 0.1) is 0 Å². The highest BCUT2D eigenvalue weighted by atomic mass is 32.2. The minimum Gasteiger partial charge on any atom is -0.467 e. The van der Waals surface area contributed by atoms with Gasteiger partial charge < -0.3 is 13.7 Å². The number of carbonyl (C=O) groups is 1. The molecular formula is C18H18N4O4S. The molecule has 3 aromatic heterocycles. The average Bonchev–Trinajstić information content (AvgIpc) is 3.30. The molecule has 0 saturated heterocycles. The number of pyridine rings is 1. The quantitative estimate of drug-likeness (QED) is 0.433. The number of rotatable bonds is 8. The summed E-state index contributed by atoms with van der Waals surface area (Å²) in [6, 6.07) is 7.01. The highest BCUT2D eigenvalue weighted by Gasteiger charge is 2.18. The standard InChI is InChI=1S/C18H18N4O4S/c1-3-10-27-17-14(7-4-8-19-17)16-20-22(18(24)26-16)12-15(23)21(2)11-13-6-5-9-25-13/h3-9H,1,10-12H2,2H3. The Morgan fingerprint density at radius 3 is 3.00 bits per heavy atom. The van der Waals surface area contributed by atoms with Crippen molar-refractivity contribution in [1.82, 2.24) is 19.7 Å².